The number of carbonyl (C=O) groups excluding carboxylic acids is 1. The van der Waals surface area contributed by atoms with Crippen LogP contribution in [0.2, 0.25) is 0 Å². The monoisotopic (exact) mass is 589 g/mol. The molecule has 42 heavy (non-hydrogen) atoms. The number of allylic oxidation sites excluding steroid dienone is 1. The molecule has 0 amide bonds. The van der Waals surface area contributed by atoms with Gasteiger partial charge in [-0.25, -0.2) is 9.79 Å². The second-order valence-electron chi connectivity index (χ2n) is 9.16. The minimum atomic E-state index is -0.829. The molecular formula is C30H27N3O8S. The van der Waals surface area contributed by atoms with Crippen LogP contribution < -0.4 is 24.4 Å². The molecule has 5 rings (SSSR count). The number of nitro groups is 1. The first-order chi connectivity index (χ1) is 20.2. The molecule has 0 unspecified atom stereocenters. The normalized spacial score (nSPS) is 14.8. The summed E-state index contributed by atoms with van der Waals surface area (Å²) < 4.78 is 24.3. The highest BCUT2D eigenvalue weighted by atomic mass is 32.1. The Hall–Kier alpha value is -4.97. The van der Waals surface area contributed by atoms with Crippen molar-refractivity contribution in [1.29, 1.82) is 0 Å². The molecular weight excluding hydrogens is 562 g/mol. The number of rotatable bonds is 9. The molecule has 216 valence electrons. The van der Waals surface area contributed by atoms with Gasteiger partial charge in [-0.3, -0.25) is 19.5 Å². The molecule has 0 saturated heterocycles. The molecule has 2 aromatic carbocycles. The van der Waals surface area contributed by atoms with Crippen molar-refractivity contribution in [2.45, 2.75) is 26.8 Å². The molecule has 12 heteroatoms. The average molecular weight is 590 g/mol. The van der Waals surface area contributed by atoms with Gasteiger partial charge in [-0.05, 0) is 50.6 Å². The van der Waals surface area contributed by atoms with E-state index in [4.69, 9.17) is 18.6 Å². The van der Waals surface area contributed by atoms with Crippen LogP contribution in [0.15, 0.2) is 80.1 Å². The molecule has 4 aromatic rings. The highest BCUT2D eigenvalue weighted by Gasteiger charge is 2.34. The maximum absolute atomic E-state index is 13.9. The second kappa shape index (κ2) is 11.9. The highest BCUT2D eigenvalue weighted by Crippen LogP contribution is 2.36. The van der Waals surface area contributed by atoms with Crippen molar-refractivity contribution in [1.82, 2.24) is 4.57 Å². The lowest BCUT2D eigenvalue weighted by Crippen LogP contribution is -2.39. The molecule has 0 saturated carbocycles. The summed E-state index contributed by atoms with van der Waals surface area (Å²) in [6.45, 7) is 5.82. The van der Waals surface area contributed by atoms with Crippen LogP contribution >= 0.6 is 11.3 Å². The number of benzene rings is 2. The van der Waals surface area contributed by atoms with Crippen molar-refractivity contribution in [3.8, 4) is 22.8 Å². The molecule has 2 aromatic heterocycles. The molecule has 1 atom stereocenters. The SMILES string of the molecule is CCOC(=O)C1=C(C)N=c2s/c(=C\c3ccc(-c4cccc([N+](=O)[O-])c4)o3)c(=O)n2[C@@H]1c1ccc(OC)c(OCC)c1. The predicted octanol–water partition coefficient (Wildman–Crippen LogP) is 4.37. The van der Waals surface area contributed by atoms with Gasteiger partial charge in [0, 0.05) is 23.8 Å². The van der Waals surface area contributed by atoms with E-state index in [-0.39, 0.29) is 23.4 Å². The Morgan fingerprint density at radius 1 is 1.14 bits per heavy atom. The quantitative estimate of drug-likeness (QED) is 0.160. The third-order valence-electron chi connectivity index (χ3n) is 6.56. The van der Waals surface area contributed by atoms with Crippen LogP contribution in [0.25, 0.3) is 17.4 Å². The summed E-state index contributed by atoms with van der Waals surface area (Å²) >= 11 is 1.16. The summed E-state index contributed by atoms with van der Waals surface area (Å²) in [6, 6.07) is 13.9. The van der Waals surface area contributed by atoms with Crippen LogP contribution in [-0.2, 0) is 9.53 Å². The maximum Gasteiger partial charge on any atom is 0.338 e. The Morgan fingerprint density at radius 3 is 2.67 bits per heavy atom. The molecule has 1 aliphatic rings. The Morgan fingerprint density at radius 2 is 1.95 bits per heavy atom. The van der Waals surface area contributed by atoms with Crippen LogP contribution in [0, 0.1) is 10.1 Å². The van der Waals surface area contributed by atoms with E-state index in [9.17, 15) is 19.7 Å². The zero-order chi connectivity index (χ0) is 30.0. The number of carbonyl (C=O) groups is 1. The smallest absolute Gasteiger partial charge is 0.338 e. The number of furan rings is 1. The summed E-state index contributed by atoms with van der Waals surface area (Å²) in [5, 5.41) is 11.2. The van der Waals surface area contributed by atoms with E-state index in [1.54, 1.807) is 62.4 Å². The number of non-ortho nitro benzene ring substituents is 1. The zero-order valence-electron chi connectivity index (χ0n) is 23.3. The van der Waals surface area contributed by atoms with E-state index < -0.39 is 16.9 Å². The number of methoxy groups -OCH3 is 1. The van der Waals surface area contributed by atoms with Gasteiger partial charge in [0.05, 0.1) is 47.1 Å². The van der Waals surface area contributed by atoms with Crippen molar-refractivity contribution >= 4 is 29.1 Å². The van der Waals surface area contributed by atoms with Crippen molar-refractivity contribution in [2.75, 3.05) is 20.3 Å². The fraction of sp³-hybridized carbons (Fsp3) is 0.233. The van der Waals surface area contributed by atoms with Gasteiger partial charge in [-0.2, -0.15) is 0 Å². The summed E-state index contributed by atoms with van der Waals surface area (Å²) in [5.74, 6) is 1.21. The third-order valence-corrected chi connectivity index (χ3v) is 7.54. The number of nitro benzene ring substituents is 1. The lowest BCUT2D eigenvalue weighted by Gasteiger charge is -2.25. The van der Waals surface area contributed by atoms with Crippen molar-refractivity contribution in [3.05, 3.63) is 107 Å². The Labute approximate surface area is 243 Å². The number of fused-ring (bicyclic) bond motifs is 1. The number of esters is 1. The molecule has 11 nitrogen and oxygen atoms in total. The molecule has 1 aliphatic heterocycles. The lowest BCUT2D eigenvalue weighted by atomic mass is 9.95. The van der Waals surface area contributed by atoms with Crippen LogP contribution in [-0.4, -0.2) is 35.8 Å². The van der Waals surface area contributed by atoms with Gasteiger partial charge in [-0.15, -0.1) is 0 Å². The number of hydrogen-bond donors (Lipinski definition) is 0. The van der Waals surface area contributed by atoms with E-state index in [0.717, 1.165) is 11.3 Å². The van der Waals surface area contributed by atoms with Gasteiger partial charge in [0.25, 0.3) is 11.2 Å². The minimum Gasteiger partial charge on any atom is -0.493 e. The molecule has 3 heterocycles. The number of ether oxygens (including phenoxy) is 3. The van der Waals surface area contributed by atoms with E-state index in [1.165, 1.54) is 23.8 Å². The van der Waals surface area contributed by atoms with Crippen LogP contribution in [0.3, 0.4) is 0 Å². The first-order valence-electron chi connectivity index (χ1n) is 13.1. The van der Waals surface area contributed by atoms with Gasteiger partial charge in [0.15, 0.2) is 16.3 Å². The Kier molecular flexibility index (Phi) is 8.07. The highest BCUT2D eigenvalue weighted by molar-refractivity contribution is 7.07. The summed E-state index contributed by atoms with van der Waals surface area (Å²) in [6.07, 6.45) is 1.59. The van der Waals surface area contributed by atoms with Gasteiger partial charge < -0.3 is 18.6 Å². The lowest BCUT2D eigenvalue weighted by molar-refractivity contribution is -0.384. The fourth-order valence-corrected chi connectivity index (χ4v) is 5.75. The first kappa shape index (κ1) is 28.6. The number of thiazole rings is 1. The Bertz CT molecular complexity index is 1900. The average Bonchev–Trinajstić information content (AvgIpc) is 3.56. The standard InChI is InChI=1S/C30H27N3O8S/c1-5-39-24-15-19(10-12-23(24)38-4)27-26(29(35)40-6-2)17(3)31-30-32(27)28(34)25(42-30)16-21-11-13-22(41-21)18-8-7-9-20(14-18)33(36)37/h7-16,27H,5-6H2,1-4H3/b25-16-/t27-/m1/s1. The maximum atomic E-state index is 13.9. The zero-order valence-corrected chi connectivity index (χ0v) is 24.1. The molecule has 0 aliphatic carbocycles. The van der Waals surface area contributed by atoms with Crippen molar-refractivity contribution < 1.29 is 28.3 Å². The summed E-state index contributed by atoms with van der Waals surface area (Å²) in [7, 11) is 1.54. The van der Waals surface area contributed by atoms with E-state index in [1.807, 2.05) is 6.92 Å². The largest absolute Gasteiger partial charge is 0.493 e. The van der Waals surface area contributed by atoms with Gasteiger partial charge in [0.1, 0.15) is 11.5 Å². The fourth-order valence-electron chi connectivity index (χ4n) is 4.73. The number of nitrogens with zero attached hydrogens (tertiary/aromatic N) is 3. The van der Waals surface area contributed by atoms with Gasteiger partial charge in [-0.1, -0.05) is 29.5 Å². The molecule has 0 spiro atoms. The minimum absolute atomic E-state index is 0.0578. The molecule has 0 fully saturated rings. The summed E-state index contributed by atoms with van der Waals surface area (Å²) in [5.41, 5.74) is 1.40. The molecule has 0 N–H and O–H groups in total. The third kappa shape index (κ3) is 5.36. The van der Waals surface area contributed by atoms with Crippen LogP contribution in [0.4, 0.5) is 5.69 Å². The van der Waals surface area contributed by atoms with Crippen molar-refractivity contribution in [2.24, 2.45) is 4.99 Å². The van der Waals surface area contributed by atoms with Crippen molar-refractivity contribution in [3.63, 3.8) is 0 Å². The predicted molar refractivity (Wildman–Crippen MR) is 155 cm³/mol. The molecule has 0 radical (unpaired) electrons. The van der Waals surface area contributed by atoms with Crippen LogP contribution in [0.1, 0.15) is 38.1 Å². The number of aromatic nitrogens is 1. The van der Waals surface area contributed by atoms with Crippen LogP contribution in [0.5, 0.6) is 11.5 Å². The van der Waals surface area contributed by atoms with E-state index in [0.29, 0.717) is 55.8 Å². The Balaban J connectivity index is 1.64. The summed E-state index contributed by atoms with van der Waals surface area (Å²) in [4.78, 5) is 42.8. The molecule has 0 bridgehead atoms. The van der Waals surface area contributed by atoms with Gasteiger partial charge in [0.2, 0.25) is 0 Å². The number of hydrogen-bond acceptors (Lipinski definition) is 10. The van der Waals surface area contributed by atoms with E-state index >= 15 is 0 Å². The van der Waals surface area contributed by atoms with Gasteiger partial charge >= 0.3 is 5.97 Å². The first-order valence-corrected chi connectivity index (χ1v) is 13.9. The second-order valence-corrected chi connectivity index (χ2v) is 10.2. The topological polar surface area (TPSA) is 135 Å². The van der Waals surface area contributed by atoms with E-state index in [2.05, 4.69) is 4.99 Å².